The molecule has 0 radical (unpaired) electrons. The molecule has 2 nitrogen and oxygen atoms in total. The van der Waals surface area contributed by atoms with E-state index < -0.39 is 18.6 Å². The minimum absolute atomic E-state index is 0.527. The van der Waals surface area contributed by atoms with Crippen LogP contribution in [0.1, 0.15) is 64.2 Å². The zero-order chi connectivity index (χ0) is 10.8. The lowest BCUT2D eigenvalue weighted by molar-refractivity contribution is 0.213. The van der Waals surface area contributed by atoms with E-state index in [9.17, 15) is 0 Å². The van der Waals surface area contributed by atoms with E-state index in [1.165, 1.54) is 64.2 Å². The minimum atomic E-state index is -1.68. The van der Waals surface area contributed by atoms with Crippen LogP contribution < -0.4 is 0 Å². The summed E-state index contributed by atoms with van der Waals surface area (Å²) in [4.78, 5) is 0. The van der Waals surface area contributed by atoms with Gasteiger partial charge in [0.1, 0.15) is 0 Å². The molecule has 4 heteroatoms. The molecule has 0 atom stereocenters. The zero-order valence-corrected chi connectivity index (χ0v) is 12.7. The van der Waals surface area contributed by atoms with Crippen molar-refractivity contribution < 1.29 is 8.23 Å². The summed E-state index contributed by atoms with van der Waals surface area (Å²) >= 11 is 0. The summed E-state index contributed by atoms with van der Waals surface area (Å²) < 4.78 is 12.5. The Bertz CT molecular complexity index is 211. The third-order valence-corrected chi connectivity index (χ3v) is 12.9. The van der Waals surface area contributed by atoms with Gasteiger partial charge in [0.2, 0.25) is 0 Å². The van der Waals surface area contributed by atoms with Gasteiger partial charge in [0.25, 0.3) is 10.0 Å². The molecule has 2 aliphatic carbocycles. The third-order valence-electron chi connectivity index (χ3n) is 4.92. The molecule has 3 fully saturated rings. The van der Waals surface area contributed by atoms with Gasteiger partial charge < -0.3 is 8.23 Å². The van der Waals surface area contributed by atoms with Gasteiger partial charge >= 0.3 is 8.56 Å². The van der Waals surface area contributed by atoms with Crippen LogP contribution in [-0.2, 0) is 8.23 Å². The summed E-state index contributed by atoms with van der Waals surface area (Å²) in [5, 5.41) is 0. The minimum Gasteiger partial charge on any atom is -0.420 e. The van der Waals surface area contributed by atoms with Crippen molar-refractivity contribution in [2.45, 2.75) is 75.3 Å². The molecule has 0 unspecified atom stereocenters. The van der Waals surface area contributed by atoms with Gasteiger partial charge in [-0.3, -0.25) is 0 Å². The smallest absolute Gasteiger partial charge is 0.326 e. The molecule has 0 aromatic rings. The van der Waals surface area contributed by atoms with E-state index in [1.807, 2.05) is 0 Å². The molecule has 0 amide bonds. The van der Waals surface area contributed by atoms with Crippen LogP contribution in [0.4, 0.5) is 0 Å². The van der Waals surface area contributed by atoms with Gasteiger partial charge in [0.15, 0.2) is 0 Å². The summed E-state index contributed by atoms with van der Waals surface area (Å²) in [6.45, 7) is 0. The van der Waals surface area contributed by atoms with Crippen molar-refractivity contribution in [1.82, 2.24) is 0 Å². The highest BCUT2D eigenvalue weighted by Gasteiger charge is 2.56. The van der Waals surface area contributed by atoms with Gasteiger partial charge in [-0.2, -0.15) is 0 Å². The molecule has 1 heterocycles. The molecule has 3 rings (SSSR count). The van der Waals surface area contributed by atoms with Crippen molar-refractivity contribution in [3.63, 3.8) is 0 Å². The van der Waals surface area contributed by atoms with Crippen LogP contribution in [0.25, 0.3) is 0 Å². The van der Waals surface area contributed by atoms with Crippen LogP contribution >= 0.6 is 0 Å². The van der Waals surface area contributed by atoms with E-state index >= 15 is 0 Å². The summed E-state index contributed by atoms with van der Waals surface area (Å²) in [5.74, 6) is 0. The lowest BCUT2D eigenvalue weighted by Crippen LogP contribution is -2.61. The van der Waals surface area contributed by atoms with Gasteiger partial charge in [-0.25, -0.2) is 0 Å². The molecule has 1 aliphatic heterocycles. The zero-order valence-electron chi connectivity index (χ0n) is 10.2. The average Bonchev–Trinajstić information content (AvgIpc) is 2.31. The Morgan fingerprint density at radius 2 is 1.12 bits per heavy atom. The van der Waals surface area contributed by atoms with Crippen molar-refractivity contribution in [1.29, 1.82) is 0 Å². The maximum Gasteiger partial charge on any atom is 0.326 e. The van der Waals surface area contributed by atoms with Gasteiger partial charge in [-0.15, -0.1) is 0 Å². The second-order valence-corrected chi connectivity index (χ2v) is 11.4. The first-order valence-electron chi connectivity index (χ1n) is 7.20. The van der Waals surface area contributed by atoms with Gasteiger partial charge in [0.05, 0.1) is 0 Å². The van der Waals surface area contributed by atoms with Crippen LogP contribution in [0.15, 0.2) is 0 Å². The van der Waals surface area contributed by atoms with Crippen molar-refractivity contribution in [3.8, 4) is 0 Å². The number of hydrogen-bond donors (Lipinski definition) is 0. The van der Waals surface area contributed by atoms with Crippen molar-refractivity contribution in [2.24, 2.45) is 0 Å². The number of hydrogen-bond acceptors (Lipinski definition) is 2. The van der Waals surface area contributed by atoms with E-state index in [1.54, 1.807) is 0 Å². The monoisotopic (exact) mass is 256 g/mol. The SMILES string of the molecule is C1CCC([Si]2(C3CCCCC3)O[SiH2]O2)CC1. The molecule has 1 saturated heterocycles. The normalized spacial score (nSPS) is 32.2. The molecular formula is C12H24O2Si2. The third kappa shape index (κ3) is 1.94. The van der Waals surface area contributed by atoms with Gasteiger partial charge in [-0.05, 0) is 25.7 Å². The van der Waals surface area contributed by atoms with Crippen molar-refractivity contribution in [3.05, 3.63) is 0 Å². The molecular weight excluding hydrogens is 232 g/mol. The van der Waals surface area contributed by atoms with Crippen LogP contribution in [0, 0.1) is 0 Å². The second-order valence-electron chi connectivity index (χ2n) is 5.80. The Morgan fingerprint density at radius 3 is 1.44 bits per heavy atom. The average molecular weight is 256 g/mol. The largest absolute Gasteiger partial charge is 0.420 e. The lowest BCUT2D eigenvalue weighted by atomic mass is 9.99. The number of rotatable bonds is 2. The van der Waals surface area contributed by atoms with E-state index in [4.69, 9.17) is 8.23 Å². The first-order valence-corrected chi connectivity index (χ1v) is 10.3. The molecule has 16 heavy (non-hydrogen) atoms. The van der Waals surface area contributed by atoms with Gasteiger partial charge in [0, 0.05) is 11.1 Å². The predicted molar refractivity (Wildman–Crippen MR) is 70.1 cm³/mol. The summed E-state index contributed by atoms with van der Waals surface area (Å²) in [6, 6.07) is 0. The molecule has 0 aromatic carbocycles. The highest BCUT2D eigenvalue weighted by molar-refractivity contribution is 6.82. The molecule has 3 aliphatic rings. The predicted octanol–water partition coefficient (Wildman–Crippen LogP) is 3.14. The Kier molecular flexibility index (Phi) is 3.52. The summed E-state index contributed by atoms with van der Waals surface area (Å²) in [5.41, 5.74) is 1.73. The fraction of sp³-hybridized carbons (Fsp3) is 1.00. The van der Waals surface area contributed by atoms with Crippen LogP contribution in [0.3, 0.4) is 0 Å². The molecule has 92 valence electrons. The van der Waals surface area contributed by atoms with Crippen LogP contribution in [-0.4, -0.2) is 18.6 Å². The van der Waals surface area contributed by atoms with Crippen LogP contribution in [0.5, 0.6) is 0 Å². The first-order chi connectivity index (χ1) is 7.92. The fourth-order valence-electron chi connectivity index (χ4n) is 4.01. The van der Waals surface area contributed by atoms with E-state index in [0.717, 1.165) is 11.1 Å². The molecule has 2 saturated carbocycles. The van der Waals surface area contributed by atoms with Crippen LogP contribution in [0.2, 0.25) is 11.1 Å². The highest BCUT2D eigenvalue weighted by Crippen LogP contribution is 2.51. The summed E-state index contributed by atoms with van der Waals surface area (Å²) in [7, 11) is -2.21. The Labute approximate surface area is 102 Å². The first kappa shape index (κ1) is 11.4. The standard InChI is InChI=1S/C12H24O2Si2/c1-3-7-11(8-4-1)16(13-15-14-16)12-9-5-2-6-10-12/h11-12H,1-10,15H2. The maximum absolute atomic E-state index is 6.25. The maximum atomic E-state index is 6.25. The van der Waals surface area contributed by atoms with Crippen molar-refractivity contribution in [2.75, 3.05) is 0 Å². The Hall–Kier alpha value is 0.354. The van der Waals surface area contributed by atoms with E-state index in [-0.39, 0.29) is 0 Å². The molecule has 0 aromatic heterocycles. The fourth-order valence-corrected chi connectivity index (χ4v) is 12.4. The van der Waals surface area contributed by atoms with Crippen molar-refractivity contribution >= 4 is 18.6 Å². The lowest BCUT2D eigenvalue weighted by Gasteiger charge is -2.51. The Balaban J connectivity index is 1.70. The topological polar surface area (TPSA) is 18.5 Å². The molecule has 0 spiro atoms. The highest BCUT2D eigenvalue weighted by atomic mass is 28.5. The molecule has 0 N–H and O–H groups in total. The second kappa shape index (κ2) is 4.92. The van der Waals surface area contributed by atoms with E-state index in [2.05, 4.69) is 0 Å². The van der Waals surface area contributed by atoms with E-state index in [0.29, 0.717) is 0 Å². The Morgan fingerprint density at radius 1 is 0.688 bits per heavy atom. The molecule has 0 bridgehead atoms. The quantitative estimate of drug-likeness (QED) is 0.707. The summed E-state index contributed by atoms with van der Waals surface area (Å²) in [6.07, 6.45) is 14.3. The van der Waals surface area contributed by atoms with Gasteiger partial charge in [-0.1, -0.05) is 38.5 Å².